The lowest BCUT2D eigenvalue weighted by atomic mass is 9.91. The van der Waals surface area contributed by atoms with Crippen LogP contribution in [0.4, 0.5) is 0 Å². The minimum atomic E-state index is 0.00572. The average Bonchev–Trinajstić information content (AvgIpc) is 2.67. The van der Waals surface area contributed by atoms with Gasteiger partial charge >= 0.3 is 0 Å². The van der Waals surface area contributed by atoms with E-state index < -0.39 is 0 Å². The van der Waals surface area contributed by atoms with Crippen molar-refractivity contribution >= 4 is 22.5 Å². The third kappa shape index (κ3) is 3.29. The van der Waals surface area contributed by atoms with Crippen molar-refractivity contribution in [3.8, 4) is 5.75 Å². The first kappa shape index (κ1) is 17.3. The number of phenolic OH excluding ortho intramolecular Hbond substituents is 1. The lowest BCUT2D eigenvalue weighted by Crippen LogP contribution is -2.36. The second-order valence-electron chi connectivity index (χ2n) is 7.25. The van der Waals surface area contributed by atoms with Gasteiger partial charge in [-0.1, -0.05) is 48.9 Å². The summed E-state index contributed by atoms with van der Waals surface area (Å²) in [6.07, 6.45) is 4.08. The van der Waals surface area contributed by atoms with Gasteiger partial charge in [0.2, 0.25) is 0 Å². The van der Waals surface area contributed by atoms with Crippen molar-refractivity contribution in [3.05, 3.63) is 70.9 Å². The molecule has 4 heteroatoms. The molecule has 0 bridgehead atoms. The van der Waals surface area contributed by atoms with Gasteiger partial charge < -0.3 is 5.11 Å². The summed E-state index contributed by atoms with van der Waals surface area (Å²) in [5, 5.41) is 12.7. The highest BCUT2D eigenvalue weighted by molar-refractivity contribution is 6.30. The van der Waals surface area contributed by atoms with Crippen LogP contribution < -0.4 is 0 Å². The first-order valence-electron chi connectivity index (χ1n) is 9.19. The van der Waals surface area contributed by atoms with E-state index in [1.807, 2.05) is 36.4 Å². The molecule has 0 saturated carbocycles. The van der Waals surface area contributed by atoms with Gasteiger partial charge in [-0.2, -0.15) is 0 Å². The third-order valence-corrected chi connectivity index (χ3v) is 5.69. The molecule has 0 radical (unpaired) electrons. The van der Waals surface area contributed by atoms with Crippen LogP contribution in [0.5, 0.6) is 5.75 Å². The highest BCUT2D eigenvalue weighted by Crippen LogP contribution is 2.39. The summed E-state index contributed by atoms with van der Waals surface area (Å²) in [5.41, 5.74) is 2.72. The molecule has 134 valence electrons. The number of hydrogen-bond donors (Lipinski definition) is 1. The van der Waals surface area contributed by atoms with Crippen molar-refractivity contribution in [2.75, 3.05) is 13.1 Å². The zero-order valence-electron chi connectivity index (χ0n) is 14.9. The fourth-order valence-corrected chi connectivity index (χ4v) is 4.01. The van der Waals surface area contributed by atoms with Gasteiger partial charge in [0, 0.05) is 22.2 Å². The number of aromatic nitrogens is 1. The predicted octanol–water partition coefficient (Wildman–Crippen LogP) is 5.42. The van der Waals surface area contributed by atoms with Gasteiger partial charge in [-0.05, 0) is 55.6 Å². The molecule has 3 aromatic rings. The van der Waals surface area contributed by atoms with Crippen LogP contribution in [-0.2, 0) is 0 Å². The molecule has 1 saturated heterocycles. The molecular formula is C22H23ClN2O. The van der Waals surface area contributed by atoms with Gasteiger partial charge in [-0.15, -0.1) is 0 Å². The molecule has 1 fully saturated rings. The molecule has 26 heavy (non-hydrogen) atoms. The lowest BCUT2D eigenvalue weighted by Gasteiger charge is -2.37. The van der Waals surface area contributed by atoms with E-state index in [9.17, 15) is 5.11 Å². The van der Waals surface area contributed by atoms with Crippen LogP contribution in [0, 0.1) is 5.92 Å². The molecule has 1 aliphatic heterocycles. The van der Waals surface area contributed by atoms with Crippen LogP contribution in [-0.4, -0.2) is 28.1 Å². The van der Waals surface area contributed by atoms with Gasteiger partial charge in [0.15, 0.2) is 0 Å². The third-order valence-electron chi connectivity index (χ3n) is 5.44. The number of hydrogen-bond acceptors (Lipinski definition) is 3. The maximum absolute atomic E-state index is 11.0. The number of rotatable bonds is 3. The van der Waals surface area contributed by atoms with Gasteiger partial charge in [0.1, 0.15) is 11.3 Å². The van der Waals surface area contributed by atoms with Crippen molar-refractivity contribution in [3.63, 3.8) is 0 Å². The van der Waals surface area contributed by atoms with Crippen LogP contribution in [0.15, 0.2) is 54.7 Å². The van der Waals surface area contributed by atoms with Crippen LogP contribution in [0.3, 0.4) is 0 Å². The molecule has 1 aromatic heterocycles. The fraction of sp³-hybridized carbons (Fsp3) is 0.318. The van der Waals surface area contributed by atoms with Gasteiger partial charge in [0.05, 0.1) is 6.04 Å². The molecule has 0 spiro atoms. The maximum atomic E-state index is 11.0. The summed E-state index contributed by atoms with van der Waals surface area (Å²) in [6, 6.07) is 15.9. The Hall–Kier alpha value is -2.10. The van der Waals surface area contributed by atoms with Crippen LogP contribution >= 0.6 is 11.6 Å². The monoisotopic (exact) mass is 366 g/mol. The molecule has 0 aliphatic carbocycles. The molecule has 1 unspecified atom stereocenters. The van der Waals surface area contributed by atoms with Crippen LogP contribution in [0.25, 0.3) is 10.9 Å². The maximum Gasteiger partial charge on any atom is 0.146 e. The Kier molecular flexibility index (Phi) is 4.84. The van der Waals surface area contributed by atoms with E-state index in [2.05, 4.69) is 28.9 Å². The normalized spacial score (nSPS) is 17.5. The molecule has 1 N–H and O–H groups in total. The molecule has 3 nitrogen and oxygen atoms in total. The largest absolute Gasteiger partial charge is 0.505 e. The smallest absolute Gasteiger partial charge is 0.146 e. The van der Waals surface area contributed by atoms with Gasteiger partial charge in [-0.25, -0.2) is 0 Å². The fourth-order valence-electron chi connectivity index (χ4n) is 3.88. The second kappa shape index (κ2) is 7.26. The summed E-state index contributed by atoms with van der Waals surface area (Å²) in [4.78, 5) is 6.86. The number of likely N-dealkylation sites (tertiary alicyclic amines) is 1. The van der Waals surface area contributed by atoms with Crippen molar-refractivity contribution in [1.82, 2.24) is 9.88 Å². The van der Waals surface area contributed by atoms with Crippen LogP contribution in [0.1, 0.15) is 36.9 Å². The van der Waals surface area contributed by atoms with E-state index >= 15 is 0 Å². The predicted molar refractivity (Wildman–Crippen MR) is 107 cm³/mol. The first-order chi connectivity index (χ1) is 12.6. The minimum Gasteiger partial charge on any atom is -0.505 e. The van der Waals surface area contributed by atoms with E-state index in [4.69, 9.17) is 11.6 Å². The molecule has 1 atom stereocenters. The summed E-state index contributed by atoms with van der Waals surface area (Å²) < 4.78 is 0. The molecule has 2 aromatic carbocycles. The summed E-state index contributed by atoms with van der Waals surface area (Å²) >= 11 is 6.10. The number of phenols is 1. The van der Waals surface area contributed by atoms with Crippen molar-refractivity contribution in [1.29, 1.82) is 0 Å². The van der Waals surface area contributed by atoms with Crippen molar-refractivity contribution in [2.24, 2.45) is 5.92 Å². The molecule has 0 amide bonds. The Morgan fingerprint density at radius 2 is 1.81 bits per heavy atom. The summed E-state index contributed by atoms with van der Waals surface area (Å²) in [7, 11) is 0. The summed E-state index contributed by atoms with van der Waals surface area (Å²) in [5.74, 6) is 1.03. The van der Waals surface area contributed by atoms with E-state index in [1.54, 1.807) is 6.20 Å². The first-order valence-corrected chi connectivity index (χ1v) is 9.57. The minimum absolute atomic E-state index is 0.00572. The number of fused-ring (bicyclic) bond motifs is 1. The number of nitrogens with zero attached hydrogens (tertiary/aromatic N) is 2. The Balaban J connectivity index is 1.82. The number of halogens is 1. The quantitative estimate of drug-likeness (QED) is 0.672. The number of pyridine rings is 1. The van der Waals surface area contributed by atoms with E-state index in [-0.39, 0.29) is 11.8 Å². The topological polar surface area (TPSA) is 36.4 Å². The number of piperidine rings is 1. The number of aromatic hydroxyl groups is 1. The second-order valence-corrected chi connectivity index (χ2v) is 7.69. The summed E-state index contributed by atoms with van der Waals surface area (Å²) in [6.45, 7) is 4.36. The van der Waals surface area contributed by atoms with Gasteiger partial charge in [-0.3, -0.25) is 9.88 Å². The van der Waals surface area contributed by atoms with E-state index in [0.29, 0.717) is 5.52 Å². The Labute approximate surface area is 159 Å². The molecule has 4 rings (SSSR count). The highest BCUT2D eigenvalue weighted by Gasteiger charge is 2.28. The SMILES string of the molecule is CC1CCN(C(c2ccc(Cl)cc2)c2ccc3cccnc3c2O)CC1. The van der Waals surface area contributed by atoms with Crippen molar-refractivity contribution in [2.45, 2.75) is 25.8 Å². The zero-order chi connectivity index (χ0) is 18.1. The molecule has 1 aliphatic rings. The standard InChI is InChI=1S/C22H23ClN2O/c1-15-10-13-25(14-11-15)21(17-4-7-18(23)8-5-17)19-9-6-16-3-2-12-24-20(16)22(19)26/h2-9,12,15,21,26H,10-11,13-14H2,1H3. The highest BCUT2D eigenvalue weighted by atomic mass is 35.5. The van der Waals surface area contributed by atoms with Crippen LogP contribution in [0.2, 0.25) is 5.02 Å². The number of benzene rings is 2. The van der Waals surface area contributed by atoms with E-state index in [1.165, 1.54) is 12.8 Å². The molecular weight excluding hydrogens is 344 g/mol. The average molecular weight is 367 g/mol. The molecule has 2 heterocycles. The Morgan fingerprint density at radius 3 is 2.54 bits per heavy atom. The zero-order valence-corrected chi connectivity index (χ0v) is 15.7. The Morgan fingerprint density at radius 1 is 1.08 bits per heavy atom. The van der Waals surface area contributed by atoms with Gasteiger partial charge in [0.25, 0.3) is 0 Å². The van der Waals surface area contributed by atoms with Crippen molar-refractivity contribution < 1.29 is 5.11 Å². The Bertz CT molecular complexity index is 902. The lowest BCUT2D eigenvalue weighted by molar-refractivity contribution is 0.156. The van der Waals surface area contributed by atoms with E-state index in [0.717, 1.165) is 40.5 Å².